The van der Waals surface area contributed by atoms with Crippen LogP contribution in [0, 0.1) is 5.82 Å². The first-order chi connectivity index (χ1) is 15.4. The lowest BCUT2D eigenvalue weighted by Gasteiger charge is -2.36. The van der Waals surface area contributed by atoms with Crippen molar-refractivity contribution < 1.29 is 17.6 Å². The molecule has 3 aliphatic heterocycles. The minimum atomic E-state index is -2.96. The van der Waals surface area contributed by atoms with Crippen LogP contribution in [-0.4, -0.2) is 73.4 Å². The van der Waals surface area contributed by atoms with Crippen molar-refractivity contribution in [2.24, 2.45) is 4.99 Å². The number of benzene rings is 2. The van der Waals surface area contributed by atoms with Gasteiger partial charge in [-0.05, 0) is 48.5 Å². The number of nitrogens with one attached hydrogen (secondary N) is 1. The Morgan fingerprint density at radius 3 is 2.34 bits per heavy atom. The van der Waals surface area contributed by atoms with Gasteiger partial charge in [0.25, 0.3) is 5.91 Å². The minimum absolute atomic E-state index is 0.00284. The van der Waals surface area contributed by atoms with Crippen molar-refractivity contribution in [3.05, 3.63) is 59.9 Å². The number of piperazine rings is 1. The summed E-state index contributed by atoms with van der Waals surface area (Å²) < 4.78 is 36.5. The SMILES string of the molecule is O=C(c1ccc(NC2=N[C@H]3CS(=O)(=O)C[C@H]3S2)cc1)N1CCN(c2ccc(F)cc2)CC1. The summed E-state index contributed by atoms with van der Waals surface area (Å²) in [5, 5.41) is 3.96. The molecule has 0 spiro atoms. The molecule has 1 N–H and O–H groups in total. The first-order valence-electron chi connectivity index (χ1n) is 10.5. The predicted octanol–water partition coefficient (Wildman–Crippen LogP) is 2.47. The molecule has 0 bridgehead atoms. The third-order valence-electron chi connectivity index (χ3n) is 5.96. The van der Waals surface area contributed by atoms with Gasteiger partial charge in [-0.25, -0.2) is 12.8 Å². The zero-order valence-corrected chi connectivity index (χ0v) is 18.9. The average Bonchev–Trinajstić information content (AvgIpc) is 3.27. The molecule has 7 nitrogen and oxygen atoms in total. The third-order valence-corrected chi connectivity index (χ3v) is 9.10. The molecular formula is C22H23FN4O3S2. The van der Waals surface area contributed by atoms with Gasteiger partial charge in [0.2, 0.25) is 0 Å². The number of thioether (sulfide) groups is 1. The molecule has 2 fully saturated rings. The molecule has 2 aromatic rings. The predicted molar refractivity (Wildman–Crippen MR) is 126 cm³/mol. The topological polar surface area (TPSA) is 82.1 Å². The highest BCUT2D eigenvalue weighted by atomic mass is 32.2. The van der Waals surface area contributed by atoms with E-state index in [9.17, 15) is 17.6 Å². The van der Waals surface area contributed by atoms with Gasteiger partial charge in [-0.2, -0.15) is 0 Å². The van der Waals surface area contributed by atoms with Gasteiger partial charge in [0.1, 0.15) is 5.82 Å². The molecule has 3 heterocycles. The largest absolute Gasteiger partial charge is 0.368 e. The number of amides is 1. The van der Waals surface area contributed by atoms with E-state index < -0.39 is 9.84 Å². The van der Waals surface area contributed by atoms with Crippen molar-refractivity contribution in [1.29, 1.82) is 0 Å². The Labute approximate surface area is 190 Å². The highest BCUT2D eigenvalue weighted by Crippen LogP contribution is 2.34. The lowest BCUT2D eigenvalue weighted by molar-refractivity contribution is 0.0747. The number of sulfone groups is 1. The van der Waals surface area contributed by atoms with Crippen molar-refractivity contribution in [3.8, 4) is 0 Å². The molecule has 5 rings (SSSR count). The summed E-state index contributed by atoms with van der Waals surface area (Å²) in [6.45, 7) is 2.61. The fourth-order valence-corrected chi connectivity index (χ4v) is 7.91. The van der Waals surface area contributed by atoms with E-state index >= 15 is 0 Å². The van der Waals surface area contributed by atoms with E-state index in [0.717, 1.165) is 16.5 Å². The number of hydrogen-bond acceptors (Lipinski definition) is 7. The maximum atomic E-state index is 13.1. The smallest absolute Gasteiger partial charge is 0.253 e. The van der Waals surface area contributed by atoms with E-state index in [2.05, 4.69) is 15.2 Å². The van der Waals surface area contributed by atoms with Crippen molar-refractivity contribution >= 4 is 44.0 Å². The molecule has 3 aliphatic rings. The summed E-state index contributed by atoms with van der Waals surface area (Å²) in [6.07, 6.45) is 0. The number of fused-ring (bicyclic) bond motifs is 1. The molecule has 0 unspecified atom stereocenters. The average molecular weight is 475 g/mol. The molecule has 168 valence electrons. The van der Waals surface area contributed by atoms with Crippen LogP contribution in [0.3, 0.4) is 0 Å². The van der Waals surface area contributed by atoms with E-state index in [1.54, 1.807) is 24.3 Å². The van der Waals surface area contributed by atoms with Crippen LogP contribution < -0.4 is 10.2 Å². The van der Waals surface area contributed by atoms with E-state index in [1.807, 2.05) is 17.0 Å². The maximum absolute atomic E-state index is 13.1. The summed E-state index contributed by atoms with van der Waals surface area (Å²) in [5.74, 6) is 0.0360. The lowest BCUT2D eigenvalue weighted by atomic mass is 10.1. The Morgan fingerprint density at radius 2 is 1.69 bits per heavy atom. The molecule has 2 saturated heterocycles. The molecule has 1 amide bonds. The lowest BCUT2D eigenvalue weighted by Crippen LogP contribution is -2.48. The van der Waals surface area contributed by atoms with Crippen LogP contribution in [0.2, 0.25) is 0 Å². The Bertz CT molecular complexity index is 1140. The molecule has 0 saturated carbocycles. The molecule has 0 radical (unpaired) electrons. The van der Waals surface area contributed by atoms with E-state index in [0.29, 0.717) is 31.7 Å². The second-order valence-electron chi connectivity index (χ2n) is 8.19. The minimum Gasteiger partial charge on any atom is -0.368 e. The number of halogens is 1. The van der Waals surface area contributed by atoms with Crippen molar-refractivity contribution in [3.63, 3.8) is 0 Å². The standard InChI is InChI=1S/C22H23FN4O3S2/c23-16-3-7-18(8-4-16)26-9-11-27(12-10-26)21(28)15-1-5-17(6-2-15)24-22-25-19-13-32(29,30)14-20(19)31-22/h1-8,19-20H,9-14H2,(H,24,25)/t19-,20+/m0/s1. The first-order valence-corrected chi connectivity index (χ1v) is 13.2. The third kappa shape index (κ3) is 4.47. The second-order valence-corrected chi connectivity index (χ2v) is 11.6. The Kier molecular flexibility index (Phi) is 5.58. The Balaban J connectivity index is 1.16. The second kappa shape index (κ2) is 8.40. The number of aliphatic imine (C=N–C) groups is 1. The number of hydrogen-bond donors (Lipinski definition) is 1. The van der Waals surface area contributed by atoms with E-state index in [-0.39, 0.29) is 34.5 Å². The normalized spacial score (nSPS) is 24.2. The number of amidine groups is 1. The molecule has 0 aliphatic carbocycles. The van der Waals surface area contributed by atoms with Crippen LogP contribution in [0.1, 0.15) is 10.4 Å². The number of carbonyl (C=O) groups excluding carboxylic acids is 1. The number of carbonyl (C=O) groups is 1. The summed E-state index contributed by atoms with van der Waals surface area (Å²) in [6, 6.07) is 13.5. The maximum Gasteiger partial charge on any atom is 0.253 e. The Hall–Kier alpha value is -2.59. The van der Waals surface area contributed by atoms with Gasteiger partial charge >= 0.3 is 0 Å². The zero-order valence-electron chi connectivity index (χ0n) is 17.3. The van der Waals surface area contributed by atoms with E-state index in [1.165, 1.54) is 23.9 Å². The number of nitrogens with zero attached hydrogens (tertiary/aromatic N) is 3. The van der Waals surface area contributed by atoms with Gasteiger partial charge in [0, 0.05) is 48.4 Å². The van der Waals surface area contributed by atoms with Crippen LogP contribution >= 0.6 is 11.8 Å². The Morgan fingerprint density at radius 1 is 1.00 bits per heavy atom. The summed E-state index contributed by atoms with van der Waals surface area (Å²) >= 11 is 1.47. The van der Waals surface area contributed by atoms with Crippen LogP contribution in [0.4, 0.5) is 15.8 Å². The molecule has 2 atom stereocenters. The quantitative estimate of drug-likeness (QED) is 0.736. The van der Waals surface area contributed by atoms with Gasteiger partial charge in [0.05, 0.1) is 17.5 Å². The molecule has 0 aromatic heterocycles. The van der Waals surface area contributed by atoms with Gasteiger partial charge in [-0.3, -0.25) is 9.79 Å². The summed E-state index contributed by atoms with van der Waals surface area (Å²) in [5.41, 5.74) is 2.40. The number of rotatable bonds is 3. The van der Waals surface area contributed by atoms with E-state index in [4.69, 9.17) is 0 Å². The fourth-order valence-electron chi connectivity index (χ4n) is 4.24. The fraction of sp³-hybridized carbons (Fsp3) is 0.364. The molecule has 10 heteroatoms. The molecule has 32 heavy (non-hydrogen) atoms. The monoisotopic (exact) mass is 474 g/mol. The van der Waals surface area contributed by atoms with Gasteiger partial charge < -0.3 is 15.1 Å². The first kappa shape index (κ1) is 21.3. The summed E-state index contributed by atoms with van der Waals surface area (Å²) in [7, 11) is -2.96. The van der Waals surface area contributed by atoms with Gasteiger partial charge in [-0.15, -0.1) is 0 Å². The van der Waals surface area contributed by atoms with Gasteiger partial charge in [-0.1, -0.05) is 11.8 Å². The van der Waals surface area contributed by atoms with Gasteiger partial charge in [0.15, 0.2) is 15.0 Å². The van der Waals surface area contributed by atoms with Crippen LogP contribution in [0.15, 0.2) is 53.5 Å². The highest BCUT2D eigenvalue weighted by molar-refractivity contribution is 8.15. The van der Waals surface area contributed by atoms with Crippen molar-refractivity contribution in [2.45, 2.75) is 11.3 Å². The highest BCUT2D eigenvalue weighted by Gasteiger charge is 2.42. The van der Waals surface area contributed by atoms with Crippen LogP contribution in [0.25, 0.3) is 0 Å². The van der Waals surface area contributed by atoms with Crippen molar-refractivity contribution in [2.75, 3.05) is 47.9 Å². The molecule has 2 aromatic carbocycles. The zero-order chi connectivity index (χ0) is 22.3. The summed E-state index contributed by atoms with van der Waals surface area (Å²) in [4.78, 5) is 21.4. The van der Waals surface area contributed by atoms with Crippen LogP contribution in [-0.2, 0) is 9.84 Å². The number of anilines is 2. The van der Waals surface area contributed by atoms with Crippen molar-refractivity contribution in [1.82, 2.24) is 4.90 Å². The molecular weight excluding hydrogens is 451 g/mol. The van der Waals surface area contributed by atoms with Crippen LogP contribution in [0.5, 0.6) is 0 Å².